The average molecular weight is 330 g/mol. The van der Waals surface area contributed by atoms with Crippen LogP contribution in [0.15, 0.2) is 29.7 Å². The summed E-state index contributed by atoms with van der Waals surface area (Å²) in [6.45, 7) is 3.45. The minimum atomic E-state index is -4.13. The molecule has 0 amide bonds. The minimum Gasteiger partial charge on any atom is -0.253 e. The standard InChI is InChI=1S/C13H16F2N4O2S/c1-9-5-12(15)13(6-11(9)14)22(20,21)18-10(2)3-4-19-8-16-7-17-19/h5-8,10,18H,3-4H2,1-2H3/t10-/m0/s1. The van der Waals surface area contributed by atoms with Gasteiger partial charge in [-0.2, -0.15) is 5.10 Å². The van der Waals surface area contributed by atoms with Crippen molar-refractivity contribution in [3.63, 3.8) is 0 Å². The molecule has 9 heteroatoms. The molecule has 1 heterocycles. The van der Waals surface area contributed by atoms with Crippen LogP contribution in [0.2, 0.25) is 0 Å². The normalized spacial score (nSPS) is 13.3. The molecule has 2 aromatic rings. The Morgan fingerprint density at radius 2 is 2.05 bits per heavy atom. The summed E-state index contributed by atoms with van der Waals surface area (Å²) < 4.78 is 55.4. The number of nitrogens with zero attached hydrogens (tertiary/aromatic N) is 3. The summed E-state index contributed by atoms with van der Waals surface area (Å²) in [7, 11) is -4.13. The fourth-order valence-corrected chi connectivity index (χ4v) is 3.24. The van der Waals surface area contributed by atoms with E-state index in [-0.39, 0.29) is 5.56 Å². The van der Waals surface area contributed by atoms with E-state index in [1.807, 2.05) is 0 Å². The predicted molar refractivity (Wildman–Crippen MR) is 75.5 cm³/mol. The molecule has 0 aliphatic rings. The van der Waals surface area contributed by atoms with E-state index in [1.54, 1.807) is 11.6 Å². The van der Waals surface area contributed by atoms with Crippen LogP contribution in [0, 0.1) is 18.6 Å². The van der Waals surface area contributed by atoms with Gasteiger partial charge in [-0.1, -0.05) is 0 Å². The molecule has 2 rings (SSSR count). The Bertz CT molecular complexity index is 748. The quantitative estimate of drug-likeness (QED) is 0.873. The fraction of sp³-hybridized carbons (Fsp3) is 0.385. The Morgan fingerprint density at radius 3 is 2.68 bits per heavy atom. The van der Waals surface area contributed by atoms with E-state index in [0.29, 0.717) is 19.0 Å². The third kappa shape index (κ3) is 3.86. The summed E-state index contributed by atoms with van der Waals surface area (Å²) in [6.07, 6.45) is 3.31. The average Bonchev–Trinajstić information content (AvgIpc) is 2.93. The van der Waals surface area contributed by atoms with Crippen molar-refractivity contribution >= 4 is 10.0 Å². The molecule has 1 aromatic carbocycles. The first-order valence-electron chi connectivity index (χ1n) is 6.60. The molecule has 0 aliphatic carbocycles. The Labute approximate surface area is 127 Å². The second-order valence-corrected chi connectivity index (χ2v) is 6.68. The van der Waals surface area contributed by atoms with E-state index in [9.17, 15) is 17.2 Å². The van der Waals surface area contributed by atoms with Gasteiger partial charge >= 0.3 is 0 Å². The van der Waals surface area contributed by atoms with E-state index in [2.05, 4.69) is 14.8 Å². The van der Waals surface area contributed by atoms with Gasteiger partial charge in [-0.15, -0.1) is 0 Å². The van der Waals surface area contributed by atoms with Gasteiger partial charge < -0.3 is 0 Å². The van der Waals surface area contributed by atoms with E-state index < -0.39 is 32.6 Å². The maximum atomic E-state index is 13.8. The van der Waals surface area contributed by atoms with Crippen LogP contribution in [0.4, 0.5) is 8.78 Å². The van der Waals surface area contributed by atoms with Crippen molar-refractivity contribution in [2.24, 2.45) is 0 Å². The highest BCUT2D eigenvalue weighted by molar-refractivity contribution is 7.89. The predicted octanol–water partition coefficient (Wildman–Crippen LogP) is 1.62. The number of halogens is 2. The Kier molecular flexibility index (Phi) is 4.87. The van der Waals surface area contributed by atoms with Crippen LogP contribution in [-0.4, -0.2) is 29.2 Å². The van der Waals surface area contributed by atoms with Crippen LogP contribution in [0.1, 0.15) is 18.9 Å². The first-order valence-corrected chi connectivity index (χ1v) is 8.08. The molecular formula is C13H16F2N4O2S. The number of rotatable bonds is 6. The molecule has 1 N–H and O–H groups in total. The summed E-state index contributed by atoms with van der Waals surface area (Å²) in [4.78, 5) is 3.08. The lowest BCUT2D eigenvalue weighted by Crippen LogP contribution is -2.34. The van der Waals surface area contributed by atoms with Gasteiger partial charge in [-0.3, -0.25) is 4.68 Å². The molecule has 120 valence electrons. The molecule has 0 radical (unpaired) electrons. The summed E-state index contributed by atoms with van der Waals surface area (Å²) in [5.74, 6) is -1.74. The maximum Gasteiger partial charge on any atom is 0.243 e. The van der Waals surface area contributed by atoms with Gasteiger partial charge in [0, 0.05) is 12.6 Å². The Hall–Kier alpha value is -1.87. The zero-order valence-corrected chi connectivity index (χ0v) is 12.9. The number of benzene rings is 1. The molecule has 22 heavy (non-hydrogen) atoms. The molecule has 1 atom stereocenters. The van der Waals surface area contributed by atoms with Crippen molar-refractivity contribution in [1.82, 2.24) is 19.5 Å². The molecule has 0 saturated carbocycles. The largest absolute Gasteiger partial charge is 0.253 e. The summed E-state index contributed by atoms with van der Waals surface area (Å²) in [5.41, 5.74) is 0.0516. The highest BCUT2D eigenvalue weighted by Gasteiger charge is 2.23. The third-order valence-corrected chi connectivity index (χ3v) is 4.72. The minimum absolute atomic E-state index is 0.0516. The number of aromatic nitrogens is 3. The van der Waals surface area contributed by atoms with Crippen LogP contribution in [0.5, 0.6) is 0 Å². The summed E-state index contributed by atoms with van der Waals surface area (Å²) in [5, 5.41) is 3.90. The van der Waals surface area contributed by atoms with Gasteiger partial charge in [-0.25, -0.2) is 26.9 Å². The zero-order chi connectivity index (χ0) is 16.3. The van der Waals surface area contributed by atoms with Crippen LogP contribution in [-0.2, 0) is 16.6 Å². The highest BCUT2D eigenvalue weighted by Crippen LogP contribution is 2.19. The smallest absolute Gasteiger partial charge is 0.243 e. The second kappa shape index (κ2) is 6.49. The number of nitrogens with one attached hydrogen (secondary N) is 1. The molecule has 1 aromatic heterocycles. The molecule has 0 spiro atoms. The van der Waals surface area contributed by atoms with Gasteiger partial charge in [0.15, 0.2) is 0 Å². The maximum absolute atomic E-state index is 13.8. The third-order valence-electron chi connectivity index (χ3n) is 3.12. The number of sulfonamides is 1. The number of aryl methyl sites for hydroxylation is 2. The lowest BCUT2D eigenvalue weighted by molar-refractivity contribution is 0.490. The monoisotopic (exact) mass is 330 g/mol. The van der Waals surface area contributed by atoms with Crippen LogP contribution in [0.25, 0.3) is 0 Å². The molecular weight excluding hydrogens is 314 g/mol. The molecule has 6 nitrogen and oxygen atoms in total. The van der Waals surface area contributed by atoms with Crippen molar-refractivity contribution in [2.45, 2.75) is 37.8 Å². The van der Waals surface area contributed by atoms with Gasteiger partial charge in [-0.05, 0) is 38.0 Å². The molecule has 0 bridgehead atoms. The van der Waals surface area contributed by atoms with E-state index >= 15 is 0 Å². The lowest BCUT2D eigenvalue weighted by atomic mass is 10.2. The number of hydrogen-bond acceptors (Lipinski definition) is 4. The zero-order valence-electron chi connectivity index (χ0n) is 12.1. The highest BCUT2D eigenvalue weighted by atomic mass is 32.2. The molecule has 0 aliphatic heterocycles. The SMILES string of the molecule is Cc1cc(F)c(S(=O)(=O)N[C@@H](C)CCn2cncn2)cc1F. The van der Waals surface area contributed by atoms with Crippen molar-refractivity contribution in [3.05, 3.63) is 42.0 Å². The van der Waals surface area contributed by atoms with Crippen molar-refractivity contribution in [1.29, 1.82) is 0 Å². The van der Waals surface area contributed by atoms with Gasteiger partial charge in [0.05, 0.1) is 0 Å². The van der Waals surface area contributed by atoms with Gasteiger partial charge in [0.1, 0.15) is 29.2 Å². The first-order chi connectivity index (χ1) is 10.3. The molecule has 0 unspecified atom stereocenters. The summed E-state index contributed by atoms with van der Waals surface area (Å²) in [6, 6.07) is 1.08. The summed E-state index contributed by atoms with van der Waals surface area (Å²) >= 11 is 0. The van der Waals surface area contributed by atoms with E-state index in [4.69, 9.17) is 0 Å². The van der Waals surface area contributed by atoms with Crippen LogP contribution < -0.4 is 4.72 Å². The van der Waals surface area contributed by atoms with Gasteiger partial charge in [0.2, 0.25) is 10.0 Å². The Morgan fingerprint density at radius 1 is 1.32 bits per heavy atom. The second-order valence-electron chi connectivity index (χ2n) is 5.00. The van der Waals surface area contributed by atoms with E-state index in [0.717, 1.165) is 6.07 Å². The molecule has 0 saturated heterocycles. The van der Waals surface area contributed by atoms with Crippen molar-refractivity contribution in [2.75, 3.05) is 0 Å². The van der Waals surface area contributed by atoms with Crippen LogP contribution in [0.3, 0.4) is 0 Å². The van der Waals surface area contributed by atoms with Crippen LogP contribution >= 0.6 is 0 Å². The van der Waals surface area contributed by atoms with Crippen molar-refractivity contribution < 1.29 is 17.2 Å². The lowest BCUT2D eigenvalue weighted by Gasteiger charge is -2.15. The Balaban J connectivity index is 2.08. The first kappa shape index (κ1) is 16.5. The topological polar surface area (TPSA) is 76.9 Å². The van der Waals surface area contributed by atoms with Gasteiger partial charge in [0.25, 0.3) is 0 Å². The molecule has 0 fully saturated rings. The fourth-order valence-electron chi connectivity index (χ4n) is 1.90. The van der Waals surface area contributed by atoms with Crippen molar-refractivity contribution in [3.8, 4) is 0 Å². The number of hydrogen-bond donors (Lipinski definition) is 1. The van der Waals surface area contributed by atoms with E-state index in [1.165, 1.54) is 19.6 Å².